The Morgan fingerprint density at radius 1 is 1.21 bits per heavy atom. The molecule has 4 nitrogen and oxygen atoms in total. The van der Waals surface area contributed by atoms with Crippen LogP contribution in [0.1, 0.15) is 12.0 Å². The van der Waals surface area contributed by atoms with Crippen molar-refractivity contribution in [3.05, 3.63) is 58.1 Å². The van der Waals surface area contributed by atoms with Crippen molar-refractivity contribution in [2.45, 2.75) is 25.1 Å². The maximum absolute atomic E-state index is 12.2. The second-order valence-corrected chi connectivity index (χ2v) is 6.69. The normalized spacial score (nSPS) is 20.1. The minimum atomic E-state index is -0.457. The molecule has 3 rings (SSSR count). The number of benzene rings is 2. The van der Waals surface area contributed by atoms with Crippen LogP contribution in [0.25, 0.3) is 11.1 Å². The average Bonchev–Trinajstić information content (AvgIpc) is 3.00. The number of rotatable bonds is 4. The van der Waals surface area contributed by atoms with Gasteiger partial charge in [0.15, 0.2) is 0 Å². The van der Waals surface area contributed by atoms with Crippen LogP contribution in [0.4, 0.5) is 0 Å². The zero-order valence-electron chi connectivity index (χ0n) is 12.9. The van der Waals surface area contributed by atoms with E-state index in [9.17, 15) is 9.90 Å². The Labute approximate surface area is 150 Å². The van der Waals surface area contributed by atoms with Crippen molar-refractivity contribution in [2.75, 3.05) is 6.54 Å². The fourth-order valence-corrected chi connectivity index (χ4v) is 3.38. The Kier molecular flexibility index (Phi) is 5.41. The molecule has 0 radical (unpaired) electrons. The molecule has 1 aliphatic heterocycles. The molecule has 0 aromatic heterocycles. The number of carbonyl (C=O) groups excluding carboxylic acids is 1. The highest BCUT2D eigenvalue weighted by Gasteiger charge is 2.27. The quantitative estimate of drug-likeness (QED) is 0.781. The second kappa shape index (κ2) is 7.53. The lowest BCUT2D eigenvalue weighted by Gasteiger charge is -2.14. The molecule has 2 aromatic carbocycles. The van der Waals surface area contributed by atoms with Gasteiger partial charge in [-0.05, 0) is 29.7 Å². The largest absolute Gasteiger partial charge is 0.392 e. The standard InChI is InChI=1S/C18H18Cl2N2O2/c19-12-5-6-15(16(20)7-12)14-4-2-1-3-11(14)9-22-18(24)17-8-13(23)10-21-17/h1-7,13,17,21,23H,8-10H2,(H,22,24)/t13-,17+/m1/s1. The molecular weight excluding hydrogens is 347 g/mol. The predicted octanol–water partition coefficient (Wildman–Crippen LogP) is 3.00. The SMILES string of the molecule is O=C(NCc1ccccc1-c1ccc(Cl)cc1Cl)[C@@H]1C[C@@H](O)CN1. The first-order valence-corrected chi connectivity index (χ1v) is 8.52. The lowest BCUT2D eigenvalue weighted by molar-refractivity contribution is -0.123. The first kappa shape index (κ1) is 17.2. The van der Waals surface area contributed by atoms with Gasteiger partial charge in [0.05, 0.1) is 12.1 Å². The van der Waals surface area contributed by atoms with Crippen LogP contribution in [0.3, 0.4) is 0 Å². The van der Waals surface area contributed by atoms with E-state index in [0.717, 1.165) is 16.7 Å². The molecule has 1 aliphatic rings. The van der Waals surface area contributed by atoms with Gasteiger partial charge in [0.1, 0.15) is 0 Å². The fourth-order valence-electron chi connectivity index (χ4n) is 2.87. The Morgan fingerprint density at radius 3 is 2.71 bits per heavy atom. The van der Waals surface area contributed by atoms with Crippen LogP contribution in [-0.2, 0) is 11.3 Å². The summed E-state index contributed by atoms with van der Waals surface area (Å²) in [7, 11) is 0. The summed E-state index contributed by atoms with van der Waals surface area (Å²) >= 11 is 12.3. The number of hydrogen-bond acceptors (Lipinski definition) is 3. The number of halogens is 2. The van der Waals surface area contributed by atoms with Crippen LogP contribution in [0.2, 0.25) is 10.0 Å². The topological polar surface area (TPSA) is 61.4 Å². The zero-order valence-corrected chi connectivity index (χ0v) is 14.4. The zero-order chi connectivity index (χ0) is 17.1. The van der Waals surface area contributed by atoms with Gasteiger partial charge in [0.25, 0.3) is 0 Å². The van der Waals surface area contributed by atoms with Gasteiger partial charge in [0, 0.05) is 28.7 Å². The van der Waals surface area contributed by atoms with Gasteiger partial charge in [-0.25, -0.2) is 0 Å². The lowest BCUT2D eigenvalue weighted by atomic mass is 9.99. The minimum absolute atomic E-state index is 0.108. The first-order valence-electron chi connectivity index (χ1n) is 7.77. The molecule has 2 aromatic rings. The van der Waals surface area contributed by atoms with Gasteiger partial charge in [-0.15, -0.1) is 0 Å². The smallest absolute Gasteiger partial charge is 0.237 e. The van der Waals surface area contributed by atoms with E-state index in [2.05, 4.69) is 10.6 Å². The fraction of sp³-hybridized carbons (Fsp3) is 0.278. The van der Waals surface area contributed by atoms with Crippen LogP contribution < -0.4 is 10.6 Å². The van der Waals surface area contributed by atoms with Crippen molar-refractivity contribution >= 4 is 29.1 Å². The van der Waals surface area contributed by atoms with Crippen molar-refractivity contribution < 1.29 is 9.90 Å². The molecule has 126 valence electrons. The summed E-state index contributed by atoms with van der Waals surface area (Å²) in [5.74, 6) is -0.108. The number of aliphatic hydroxyl groups is 1. The first-order chi connectivity index (χ1) is 11.5. The molecule has 1 heterocycles. The van der Waals surface area contributed by atoms with E-state index in [4.69, 9.17) is 23.2 Å². The van der Waals surface area contributed by atoms with E-state index < -0.39 is 6.10 Å². The van der Waals surface area contributed by atoms with Crippen molar-refractivity contribution in [1.29, 1.82) is 0 Å². The van der Waals surface area contributed by atoms with E-state index >= 15 is 0 Å². The highest BCUT2D eigenvalue weighted by molar-refractivity contribution is 6.36. The van der Waals surface area contributed by atoms with Gasteiger partial charge in [-0.1, -0.05) is 53.5 Å². The number of carbonyl (C=O) groups is 1. The summed E-state index contributed by atoms with van der Waals surface area (Å²) in [6.07, 6.45) is -0.0165. The summed E-state index contributed by atoms with van der Waals surface area (Å²) in [5, 5.41) is 16.6. The van der Waals surface area contributed by atoms with Crippen LogP contribution in [0.15, 0.2) is 42.5 Å². The molecular formula is C18H18Cl2N2O2. The molecule has 0 aliphatic carbocycles. The third-order valence-electron chi connectivity index (χ3n) is 4.12. The molecule has 1 amide bonds. The number of β-amino-alcohol motifs (C(OH)–C–C–N with tert-alkyl or cyclic N) is 1. The molecule has 24 heavy (non-hydrogen) atoms. The van der Waals surface area contributed by atoms with Crippen LogP contribution in [0, 0.1) is 0 Å². The van der Waals surface area contributed by atoms with Crippen LogP contribution in [-0.4, -0.2) is 29.7 Å². The van der Waals surface area contributed by atoms with E-state index in [0.29, 0.717) is 29.6 Å². The summed E-state index contributed by atoms with van der Waals surface area (Å²) in [4.78, 5) is 12.2. The molecule has 3 N–H and O–H groups in total. The van der Waals surface area contributed by atoms with Crippen LogP contribution in [0.5, 0.6) is 0 Å². The highest BCUT2D eigenvalue weighted by Crippen LogP contribution is 2.32. The monoisotopic (exact) mass is 364 g/mol. The van der Waals surface area contributed by atoms with Crippen molar-refractivity contribution in [1.82, 2.24) is 10.6 Å². The highest BCUT2D eigenvalue weighted by atomic mass is 35.5. The Morgan fingerprint density at radius 2 is 2.00 bits per heavy atom. The van der Waals surface area contributed by atoms with Crippen molar-refractivity contribution in [3.63, 3.8) is 0 Å². The Balaban J connectivity index is 1.76. The molecule has 1 saturated heterocycles. The molecule has 0 bridgehead atoms. The Bertz CT molecular complexity index is 752. The molecule has 2 atom stereocenters. The predicted molar refractivity (Wildman–Crippen MR) is 96.2 cm³/mol. The Hall–Kier alpha value is -1.59. The molecule has 1 fully saturated rings. The molecule has 0 saturated carbocycles. The van der Waals surface area contributed by atoms with Crippen LogP contribution >= 0.6 is 23.2 Å². The molecule has 0 spiro atoms. The number of hydrogen-bond donors (Lipinski definition) is 3. The molecule has 6 heteroatoms. The van der Waals surface area contributed by atoms with Gasteiger partial charge in [-0.3, -0.25) is 4.79 Å². The van der Waals surface area contributed by atoms with Gasteiger partial charge in [-0.2, -0.15) is 0 Å². The maximum atomic E-state index is 12.2. The molecule has 0 unspecified atom stereocenters. The summed E-state index contributed by atoms with van der Waals surface area (Å²) in [6, 6.07) is 12.8. The third-order valence-corrected chi connectivity index (χ3v) is 4.66. The summed E-state index contributed by atoms with van der Waals surface area (Å²) in [5.41, 5.74) is 2.80. The average molecular weight is 365 g/mol. The second-order valence-electron chi connectivity index (χ2n) is 5.85. The lowest BCUT2D eigenvalue weighted by Crippen LogP contribution is -2.40. The van der Waals surface area contributed by atoms with Crippen molar-refractivity contribution in [3.8, 4) is 11.1 Å². The summed E-state index contributed by atoms with van der Waals surface area (Å²) < 4.78 is 0. The van der Waals surface area contributed by atoms with Gasteiger partial charge < -0.3 is 15.7 Å². The van der Waals surface area contributed by atoms with Gasteiger partial charge in [0.2, 0.25) is 5.91 Å². The summed E-state index contributed by atoms with van der Waals surface area (Å²) in [6.45, 7) is 0.845. The van der Waals surface area contributed by atoms with Gasteiger partial charge >= 0.3 is 0 Å². The van der Waals surface area contributed by atoms with E-state index in [1.807, 2.05) is 30.3 Å². The van der Waals surface area contributed by atoms with E-state index in [1.54, 1.807) is 12.1 Å². The minimum Gasteiger partial charge on any atom is -0.392 e. The number of nitrogens with one attached hydrogen (secondary N) is 2. The number of aliphatic hydroxyl groups excluding tert-OH is 1. The van der Waals surface area contributed by atoms with E-state index in [-0.39, 0.29) is 11.9 Å². The third kappa shape index (κ3) is 3.90. The number of amides is 1. The van der Waals surface area contributed by atoms with E-state index in [1.165, 1.54) is 0 Å². The maximum Gasteiger partial charge on any atom is 0.237 e. The van der Waals surface area contributed by atoms with Crippen molar-refractivity contribution in [2.24, 2.45) is 0 Å².